The molecule has 0 aromatic carbocycles. The topological polar surface area (TPSA) is 51.4 Å². The molecular weight excluding hydrogens is 214 g/mol. The van der Waals surface area contributed by atoms with E-state index in [1.165, 1.54) is 5.56 Å². The van der Waals surface area contributed by atoms with Crippen LogP contribution in [0.3, 0.4) is 0 Å². The van der Waals surface area contributed by atoms with E-state index in [1.807, 2.05) is 12.4 Å². The van der Waals surface area contributed by atoms with Crippen molar-refractivity contribution in [1.82, 2.24) is 9.88 Å². The summed E-state index contributed by atoms with van der Waals surface area (Å²) in [6, 6.07) is 4.40. The van der Waals surface area contributed by atoms with E-state index in [9.17, 15) is 0 Å². The average molecular weight is 235 g/mol. The molecule has 0 amide bonds. The first kappa shape index (κ1) is 12.5. The third kappa shape index (κ3) is 2.83. The van der Waals surface area contributed by atoms with Crippen LogP contribution in [0, 0.1) is 0 Å². The first-order valence-corrected chi connectivity index (χ1v) is 6.32. The largest absolute Gasteiger partial charge is 0.374 e. The maximum absolute atomic E-state index is 5.82. The second-order valence-electron chi connectivity index (χ2n) is 4.41. The van der Waals surface area contributed by atoms with Crippen molar-refractivity contribution in [1.29, 1.82) is 0 Å². The zero-order chi connectivity index (χ0) is 12.1. The summed E-state index contributed by atoms with van der Waals surface area (Å²) >= 11 is 0. The van der Waals surface area contributed by atoms with Gasteiger partial charge in [0.1, 0.15) is 0 Å². The smallest absolute Gasteiger partial charge is 0.0894 e. The minimum absolute atomic E-state index is 0.0951. The van der Waals surface area contributed by atoms with Gasteiger partial charge in [-0.15, -0.1) is 0 Å². The van der Waals surface area contributed by atoms with Gasteiger partial charge in [-0.25, -0.2) is 0 Å². The summed E-state index contributed by atoms with van der Waals surface area (Å²) in [7, 11) is 0. The quantitative estimate of drug-likeness (QED) is 0.852. The third-order valence-electron chi connectivity index (χ3n) is 3.25. The lowest BCUT2D eigenvalue weighted by molar-refractivity contribution is -0.0676. The van der Waals surface area contributed by atoms with Gasteiger partial charge in [0.25, 0.3) is 0 Å². The summed E-state index contributed by atoms with van der Waals surface area (Å²) < 4.78 is 5.78. The molecule has 2 N–H and O–H groups in total. The minimum Gasteiger partial charge on any atom is -0.374 e. The Morgan fingerprint density at radius 1 is 1.47 bits per heavy atom. The first-order chi connectivity index (χ1) is 8.36. The number of aromatic nitrogens is 1. The number of hydrogen-bond acceptors (Lipinski definition) is 4. The third-order valence-corrected chi connectivity index (χ3v) is 3.25. The lowest BCUT2D eigenvalue weighted by Gasteiger charge is -2.41. The Morgan fingerprint density at radius 3 is 2.88 bits per heavy atom. The lowest BCUT2D eigenvalue weighted by Crippen LogP contribution is -2.48. The first-order valence-electron chi connectivity index (χ1n) is 6.32. The molecule has 1 fully saturated rings. The van der Waals surface area contributed by atoms with Crippen LogP contribution in [0.15, 0.2) is 24.5 Å². The molecule has 4 heteroatoms. The van der Waals surface area contributed by atoms with Gasteiger partial charge in [-0.3, -0.25) is 9.88 Å². The Kier molecular flexibility index (Phi) is 4.48. The van der Waals surface area contributed by atoms with Crippen LogP contribution in [-0.2, 0) is 4.74 Å². The molecule has 2 heterocycles. The van der Waals surface area contributed by atoms with Crippen molar-refractivity contribution >= 4 is 0 Å². The van der Waals surface area contributed by atoms with Crippen molar-refractivity contribution in [3.63, 3.8) is 0 Å². The van der Waals surface area contributed by atoms with Crippen molar-refractivity contribution in [3.05, 3.63) is 30.1 Å². The summed E-state index contributed by atoms with van der Waals surface area (Å²) in [6.07, 6.45) is 4.92. The van der Waals surface area contributed by atoms with Gasteiger partial charge >= 0.3 is 0 Å². The van der Waals surface area contributed by atoms with Gasteiger partial charge in [-0.05, 0) is 30.7 Å². The fraction of sp³-hybridized carbons (Fsp3) is 0.615. The molecule has 2 atom stereocenters. The molecule has 2 rings (SSSR count). The predicted octanol–water partition coefficient (Wildman–Crippen LogP) is 1.19. The number of hydrogen-bond donors (Lipinski definition) is 1. The van der Waals surface area contributed by atoms with E-state index in [0.29, 0.717) is 6.54 Å². The number of morpholine rings is 1. The van der Waals surface area contributed by atoms with Crippen molar-refractivity contribution in [2.75, 3.05) is 26.2 Å². The van der Waals surface area contributed by atoms with Crippen molar-refractivity contribution in [2.45, 2.75) is 25.5 Å². The maximum Gasteiger partial charge on any atom is 0.0894 e. The van der Waals surface area contributed by atoms with Crippen LogP contribution >= 0.6 is 0 Å². The molecule has 0 bridgehead atoms. The average Bonchev–Trinajstić information content (AvgIpc) is 2.40. The Morgan fingerprint density at radius 2 is 2.24 bits per heavy atom. The second kappa shape index (κ2) is 6.10. The highest BCUT2D eigenvalue weighted by molar-refractivity contribution is 5.17. The van der Waals surface area contributed by atoms with E-state index in [2.05, 4.69) is 28.9 Å². The molecule has 94 valence electrons. The van der Waals surface area contributed by atoms with Crippen molar-refractivity contribution in [2.24, 2.45) is 5.73 Å². The number of rotatable bonds is 4. The molecule has 0 spiro atoms. The lowest BCUT2D eigenvalue weighted by atomic mass is 9.99. The monoisotopic (exact) mass is 235 g/mol. The summed E-state index contributed by atoms with van der Waals surface area (Å²) in [5.74, 6) is 0. The van der Waals surface area contributed by atoms with Gasteiger partial charge in [0.15, 0.2) is 0 Å². The molecule has 0 radical (unpaired) electrons. The van der Waals surface area contributed by atoms with Gasteiger partial charge in [-0.2, -0.15) is 0 Å². The van der Waals surface area contributed by atoms with Crippen molar-refractivity contribution < 1.29 is 4.74 Å². The van der Waals surface area contributed by atoms with Crippen molar-refractivity contribution in [3.8, 4) is 0 Å². The molecular formula is C13H21N3O. The number of ether oxygens (including phenoxy) is 1. The zero-order valence-electron chi connectivity index (χ0n) is 10.4. The van der Waals surface area contributed by atoms with E-state index in [1.54, 1.807) is 0 Å². The molecule has 0 aliphatic carbocycles. The van der Waals surface area contributed by atoms with Gasteiger partial charge in [0.2, 0.25) is 0 Å². The molecule has 1 aliphatic heterocycles. The number of nitrogens with two attached hydrogens (primary N) is 1. The Balaban J connectivity index is 2.22. The van der Waals surface area contributed by atoms with Crippen LogP contribution in [0.2, 0.25) is 0 Å². The van der Waals surface area contributed by atoms with E-state index in [-0.39, 0.29) is 12.1 Å². The van der Waals surface area contributed by atoms with Gasteiger partial charge < -0.3 is 10.5 Å². The van der Waals surface area contributed by atoms with E-state index in [4.69, 9.17) is 10.5 Å². The van der Waals surface area contributed by atoms with Crippen LogP contribution in [-0.4, -0.2) is 42.2 Å². The summed E-state index contributed by atoms with van der Waals surface area (Å²) in [5, 5.41) is 0. The van der Waals surface area contributed by atoms with Crippen LogP contribution in [0.4, 0.5) is 0 Å². The Labute approximate surface area is 103 Å². The molecule has 1 saturated heterocycles. The second-order valence-corrected chi connectivity index (χ2v) is 4.41. The standard InChI is InChI=1S/C13H21N3O/c1-2-7-16-8-9-17-12(10-14)13(16)11-3-5-15-6-4-11/h3-6,12-13H,2,7-10,14H2,1H3. The predicted molar refractivity (Wildman–Crippen MR) is 67.6 cm³/mol. The maximum atomic E-state index is 5.82. The van der Waals surface area contributed by atoms with Crippen LogP contribution in [0.25, 0.3) is 0 Å². The minimum atomic E-state index is 0.0951. The van der Waals surface area contributed by atoms with Crippen LogP contribution in [0.1, 0.15) is 24.9 Å². The molecule has 2 unspecified atom stereocenters. The van der Waals surface area contributed by atoms with Gasteiger partial charge in [0.05, 0.1) is 18.8 Å². The summed E-state index contributed by atoms with van der Waals surface area (Å²) in [4.78, 5) is 6.54. The zero-order valence-corrected chi connectivity index (χ0v) is 10.4. The van der Waals surface area contributed by atoms with Gasteiger partial charge in [0, 0.05) is 25.5 Å². The van der Waals surface area contributed by atoms with Crippen LogP contribution < -0.4 is 5.73 Å². The highest BCUT2D eigenvalue weighted by atomic mass is 16.5. The fourth-order valence-electron chi connectivity index (χ4n) is 2.51. The number of pyridine rings is 1. The van der Waals surface area contributed by atoms with E-state index < -0.39 is 0 Å². The molecule has 1 aromatic heterocycles. The molecule has 4 nitrogen and oxygen atoms in total. The van der Waals surface area contributed by atoms with E-state index >= 15 is 0 Å². The Bertz CT molecular complexity index is 329. The summed E-state index contributed by atoms with van der Waals surface area (Å²) in [6.45, 7) is 5.62. The fourth-order valence-corrected chi connectivity index (χ4v) is 2.51. The number of nitrogens with zero attached hydrogens (tertiary/aromatic N) is 2. The van der Waals surface area contributed by atoms with E-state index in [0.717, 1.165) is 26.1 Å². The molecule has 17 heavy (non-hydrogen) atoms. The molecule has 0 saturated carbocycles. The highest BCUT2D eigenvalue weighted by Gasteiger charge is 2.31. The van der Waals surface area contributed by atoms with Crippen LogP contribution in [0.5, 0.6) is 0 Å². The normalized spacial score (nSPS) is 26.0. The summed E-state index contributed by atoms with van der Waals surface area (Å²) in [5.41, 5.74) is 7.08. The molecule has 1 aromatic rings. The SMILES string of the molecule is CCCN1CCOC(CN)C1c1ccncc1. The highest BCUT2D eigenvalue weighted by Crippen LogP contribution is 2.28. The molecule has 1 aliphatic rings. The van der Waals surface area contributed by atoms with Gasteiger partial charge in [-0.1, -0.05) is 6.92 Å². The Hall–Kier alpha value is -0.970.